The van der Waals surface area contributed by atoms with Gasteiger partial charge in [-0.3, -0.25) is 0 Å². The van der Waals surface area contributed by atoms with Crippen LogP contribution in [0.25, 0.3) is 11.1 Å². The zero-order valence-corrected chi connectivity index (χ0v) is 21.4. The van der Waals surface area contributed by atoms with Crippen LogP contribution in [-0.4, -0.2) is 18.7 Å². The maximum absolute atomic E-state index is 11.1. The monoisotopic (exact) mass is 464 g/mol. The summed E-state index contributed by atoms with van der Waals surface area (Å²) in [4.78, 5) is 11.1. The van der Waals surface area contributed by atoms with E-state index in [0.29, 0.717) is 6.61 Å². The van der Waals surface area contributed by atoms with Crippen LogP contribution in [0.15, 0.2) is 61.2 Å². The van der Waals surface area contributed by atoms with Gasteiger partial charge in [0, 0.05) is 6.08 Å². The molecule has 0 aliphatic heterocycles. The third-order valence-electron chi connectivity index (χ3n) is 6.21. The Morgan fingerprint density at radius 3 is 2.35 bits per heavy atom. The molecule has 34 heavy (non-hydrogen) atoms. The first-order chi connectivity index (χ1) is 16.6. The third kappa shape index (κ3) is 11.0. The minimum absolute atomic E-state index is 0.248. The molecule has 0 aromatic heterocycles. The van der Waals surface area contributed by atoms with Crippen molar-refractivity contribution in [2.75, 3.05) is 6.61 Å². The normalized spacial score (nSPS) is 11.7. The lowest BCUT2D eigenvalue weighted by molar-refractivity contribution is -0.137. The van der Waals surface area contributed by atoms with E-state index in [2.05, 4.69) is 69.0 Å². The molecule has 2 aromatic carbocycles. The van der Waals surface area contributed by atoms with Crippen molar-refractivity contribution in [1.82, 2.24) is 0 Å². The Labute approximate surface area is 207 Å². The van der Waals surface area contributed by atoms with E-state index < -0.39 is 0 Å². The Kier molecular flexibility index (Phi) is 13.8. The number of benzene rings is 2. The van der Waals surface area contributed by atoms with Crippen LogP contribution in [0.1, 0.15) is 90.0 Å². The van der Waals surface area contributed by atoms with Crippen molar-refractivity contribution in [3.05, 3.63) is 66.7 Å². The maximum Gasteiger partial charge on any atom is 0.330 e. The molecule has 186 valence electrons. The lowest BCUT2D eigenvalue weighted by atomic mass is 9.95. The Morgan fingerprint density at radius 1 is 0.912 bits per heavy atom. The molecule has 2 aromatic rings. The fourth-order valence-corrected chi connectivity index (χ4v) is 4.26. The Balaban J connectivity index is 1.85. The van der Waals surface area contributed by atoms with Crippen LogP contribution < -0.4 is 4.74 Å². The average Bonchev–Trinajstić information content (AvgIpc) is 2.86. The molecule has 0 radical (unpaired) electrons. The number of aryl methyl sites for hydroxylation is 1. The minimum atomic E-state index is -0.327. The van der Waals surface area contributed by atoms with Gasteiger partial charge in [-0.05, 0) is 67.9 Å². The second kappa shape index (κ2) is 17.0. The standard InChI is InChI=1S/C31H44O3/c1-4-6-7-13-18-26(3)34-29-22-23-30(27-19-15-12-16-20-27)28(25-29)21-14-10-8-9-11-17-24-33-31(32)5-2/h5,12,15-16,19-20,22-23,25-26H,2,4,6-11,13-14,17-18,21,24H2,1,3H3/t26-/m1/s1. The van der Waals surface area contributed by atoms with Gasteiger partial charge in [0.1, 0.15) is 5.75 Å². The summed E-state index contributed by atoms with van der Waals surface area (Å²) < 4.78 is 11.3. The van der Waals surface area contributed by atoms with E-state index in [-0.39, 0.29) is 12.1 Å². The number of rotatable bonds is 18. The van der Waals surface area contributed by atoms with E-state index in [9.17, 15) is 4.79 Å². The van der Waals surface area contributed by atoms with Crippen molar-refractivity contribution in [2.45, 2.75) is 97.0 Å². The molecule has 3 nitrogen and oxygen atoms in total. The molecule has 0 saturated heterocycles. The van der Waals surface area contributed by atoms with Crippen molar-refractivity contribution >= 4 is 5.97 Å². The van der Waals surface area contributed by atoms with Gasteiger partial charge in [-0.15, -0.1) is 0 Å². The molecule has 0 spiro atoms. The molecule has 0 aliphatic carbocycles. The Hall–Kier alpha value is -2.55. The molecule has 0 fully saturated rings. The smallest absolute Gasteiger partial charge is 0.330 e. The van der Waals surface area contributed by atoms with Crippen LogP contribution in [-0.2, 0) is 16.0 Å². The molecule has 0 bridgehead atoms. The average molecular weight is 465 g/mol. The summed E-state index contributed by atoms with van der Waals surface area (Å²) in [5.41, 5.74) is 3.96. The van der Waals surface area contributed by atoms with Crippen LogP contribution in [0.2, 0.25) is 0 Å². The fourth-order valence-electron chi connectivity index (χ4n) is 4.26. The van der Waals surface area contributed by atoms with Gasteiger partial charge in [0.05, 0.1) is 12.7 Å². The maximum atomic E-state index is 11.1. The summed E-state index contributed by atoms with van der Waals surface area (Å²) in [5.74, 6) is 0.665. The number of carbonyl (C=O) groups is 1. The largest absolute Gasteiger partial charge is 0.491 e. The molecule has 0 saturated carbocycles. The van der Waals surface area contributed by atoms with Gasteiger partial charge >= 0.3 is 5.97 Å². The van der Waals surface area contributed by atoms with E-state index in [4.69, 9.17) is 9.47 Å². The van der Waals surface area contributed by atoms with Gasteiger partial charge in [0.25, 0.3) is 0 Å². The lowest BCUT2D eigenvalue weighted by Gasteiger charge is -2.17. The van der Waals surface area contributed by atoms with Crippen molar-refractivity contribution in [3.63, 3.8) is 0 Å². The van der Waals surface area contributed by atoms with Crippen molar-refractivity contribution in [1.29, 1.82) is 0 Å². The van der Waals surface area contributed by atoms with Gasteiger partial charge in [0.2, 0.25) is 0 Å². The zero-order valence-electron chi connectivity index (χ0n) is 21.4. The van der Waals surface area contributed by atoms with E-state index in [1.54, 1.807) is 0 Å². The summed E-state index contributed by atoms with van der Waals surface area (Å²) in [5, 5.41) is 0. The summed E-state index contributed by atoms with van der Waals surface area (Å²) in [6, 6.07) is 17.3. The molecule has 0 amide bonds. The first-order valence-electron chi connectivity index (χ1n) is 13.3. The highest BCUT2D eigenvalue weighted by Gasteiger charge is 2.10. The summed E-state index contributed by atoms with van der Waals surface area (Å²) in [7, 11) is 0. The highest BCUT2D eigenvalue weighted by molar-refractivity contribution is 5.81. The molecule has 3 heteroatoms. The minimum Gasteiger partial charge on any atom is -0.491 e. The molecule has 0 heterocycles. The molecule has 0 unspecified atom stereocenters. The first kappa shape index (κ1) is 27.7. The highest BCUT2D eigenvalue weighted by Crippen LogP contribution is 2.29. The number of esters is 1. The fraction of sp³-hybridized carbons (Fsp3) is 0.516. The van der Waals surface area contributed by atoms with Crippen LogP contribution in [0.5, 0.6) is 5.75 Å². The molecular formula is C31H44O3. The summed E-state index contributed by atoms with van der Waals surface area (Å²) in [6.45, 7) is 8.35. The summed E-state index contributed by atoms with van der Waals surface area (Å²) >= 11 is 0. The van der Waals surface area contributed by atoms with Crippen molar-refractivity contribution in [3.8, 4) is 16.9 Å². The van der Waals surface area contributed by atoms with Crippen molar-refractivity contribution in [2.24, 2.45) is 0 Å². The number of carbonyl (C=O) groups excluding carboxylic acids is 1. The van der Waals surface area contributed by atoms with Crippen LogP contribution in [0, 0.1) is 0 Å². The SMILES string of the molecule is C=CC(=O)OCCCCCCCCc1cc(O[C@H](C)CCCCCC)ccc1-c1ccccc1. The van der Waals surface area contributed by atoms with E-state index in [1.807, 2.05) is 0 Å². The third-order valence-corrected chi connectivity index (χ3v) is 6.21. The molecule has 1 atom stereocenters. The number of hydrogen-bond acceptors (Lipinski definition) is 3. The van der Waals surface area contributed by atoms with Gasteiger partial charge in [-0.1, -0.05) is 94.8 Å². The van der Waals surface area contributed by atoms with Crippen LogP contribution >= 0.6 is 0 Å². The second-order valence-corrected chi connectivity index (χ2v) is 9.21. The van der Waals surface area contributed by atoms with Gasteiger partial charge in [0.15, 0.2) is 0 Å². The number of hydrogen-bond donors (Lipinski definition) is 0. The van der Waals surface area contributed by atoms with Gasteiger partial charge in [-0.25, -0.2) is 4.79 Å². The lowest BCUT2D eigenvalue weighted by Crippen LogP contribution is -2.11. The van der Waals surface area contributed by atoms with E-state index >= 15 is 0 Å². The first-order valence-corrected chi connectivity index (χ1v) is 13.3. The highest BCUT2D eigenvalue weighted by atomic mass is 16.5. The zero-order chi connectivity index (χ0) is 24.4. The number of unbranched alkanes of at least 4 members (excludes halogenated alkanes) is 8. The summed E-state index contributed by atoms with van der Waals surface area (Å²) in [6.07, 6.45) is 15.5. The Morgan fingerprint density at radius 2 is 1.62 bits per heavy atom. The van der Waals surface area contributed by atoms with E-state index in [1.165, 1.54) is 74.1 Å². The van der Waals surface area contributed by atoms with E-state index in [0.717, 1.165) is 31.4 Å². The van der Waals surface area contributed by atoms with Gasteiger partial charge in [-0.2, -0.15) is 0 Å². The predicted molar refractivity (Wildman–Crippen MR) is 143 cm³/mol. The molecular weight excluding hydrogens is 420 g/mol. The topological polar surface area (TPSA) is 35.5 Å². The quantitative estimate of drug-likeness (QED) is 0.126. The van der Waals surface area contributed by atoms with Crippen molar-refractivity contribution < 1.29 is 14.3 Å². The second-order valence-electron chi connectivity index (χ2n) is 9.21. The number of ether oxygens (including phenoxy) is 2. The molecule has 0 N–H and O–H groups in total. The molecule has 2 rings (SSSR count). The van der Waals surface area contributed by atoms with Crippen LogP contribution in [0.4, 0.5) is 0 Å². The van der Waals surface area contributed by atoms with Crippen LogP contribution in [0.3, 0.4) is 0 Å². The molecule has 0 aliphatic rings. The predicted octanol–water partition coefficient (Wildman–Crippen LogP) is 8.70. The Bertz CT molecular complexity index is 828. The van der Waals surface area contributed by atoms with Gasteiger partial charge < -0.3 is 9.47 Å².